The Hall–Kier alpha value is -1.49. The number of nitrogens with zero attached hydrogens (tertiary/aromatic N) is 5. The summed E-state index contributed by atoms with van der Waals surface area (Å²) in [6, 6.07) is 0. The van der Waals surface area contributed by atoms with Crippen molar-refractivity contribution in [3.8, 4) is 0 Å². The molecule has 0 spiro atoms. The predicted octanol–water partition coefficient (Wildman–Crippen LogP) is 1.41. The van der Waals surface area contributed by atoms with Crippen LogP contribution in [0.15, 0.2) is 12.4 Å². The predicted molar refractivity (Wildman–Crippen MR) is 64.3 cm³/mol. The normalized spacial score (nSPS) is 12.2. The van der Waals surface area contributed by atoms with Crippen LogP contribution in [-0.2, 0) is 0 Å². The Morgan fingerprint density at radius 1 is 1.38 bits per heavy atom. The summed E-state index contributed by atoms with van der Waals surface area (Å²) in [4.78, 5) is 8.87. The molecule has 0 amide bonds. The first-order valence-corrected chi connectivity index (χ1v) is 5.56. The van der Waals surface area contributed by atoms with Crippen molar-refractivity contribution in [1.29, 1.82) is 0 Å². The Morgan fingerprint density at radius 2 is 2.12 bits per heavy atom. The van der Waals surface area contributed by atoms with Gasteiger partial charge in [-0.1, -0.05) is 6.92 Å². The molecule has 2 aromatic heterocycles. The standard InChI is InChI=1S/C11H18N5/c1-5-8-16(3,4)11-10-12-6-7-15(10)14-9(2)13-11/h6-7H,5,8H2,1-4H3/q+1. The number of fused-ring (bicyclic) bond motifs is 1. The van der Waals surface area contributed by atoms with Crippen molar-refractivity contribution in [2.24, 2.45) is 0 Å². The fourth-order valence-electron chi connectivity index (χ4n) is 1.99. The molecule has 16 heavy (non-hydrogen) atoms. The van der Waals surface area contributed by atoms with E-state index in [0.29, 0.717) is 0 Å². The molecule has 0 N–H and O–H groups in total. The topological polar surface area (TPSA) is 43.1 Å². The minimum absolute atomic E-state index is 0.736. The zero-order chi connectivity index (χ0) is 11.8. The third-order valence-corrected chi connectivity index (χ3v) is 2.70. The Kier molecular flexibility index (Phi) is 2.63. The highest BCUT2D eigenvalue weighted by Crippen LogP contribution is 2.21. The summed E-state index contributed by atoms with van der Waals surface area (Å²) in [5.74, 6) is 1.77. The first-order valence-electron chi connectivity index (χ1n) is 5.56. The average Bonchev–Trinajstić information content (AvgIpc) is 2.63. The zero-order valence-corrected chi connectivity index (χ0v) is 10.3. The van der Waals surface area contributed by atoms with Gasteiger partial charge in [0.2, 0.25) is 5.65 Å². The van der Waals surface area contributed by atoms with Crippen LogP contribution in [0, 0.1) is 6.92 Å². The van der Waals surface area contributed by atoms with Crippen molar-refractivity contribution >= 4 is 11.5 Å². The molecule has 0 aromatic carbocycles. The van der Waals surface area contributed by atoms with Gasteiger partial charge in [-0.25, -0.2) is 9.50 Å². The van der Waals surface area contributed by atoms with E-state index < -0.39 is 0 Å². The third kappa shape index (κ3) is 1.78. The van der Waals surface area contributed by atoms with Crippen LogP contribution in [-0.4, -0.2) is 40.2 Å². The molecule has 0 aliphatic rings. The molecule has 0 atom stereocenters. The second kappa shape index (κ2) is 3.83. The summed E-state index contributed by atoms with van der Waals surface area (Å²) in [5, 5.41) is 4.30. The molecule has 0 saturated carbocycles. The molecule has 0 aliphatic carbocycles. The summed E-state index contributed by atoms with van der Waals surface area (Å²) < 4.78 is 2.54. The highest BCUT2D eigenvalue weighted by atomic mass is 15.4. The Morgan fingerprint density at radius 3 is 2.81 bits per heavy atom. The molecule has 0 bridgehead atoms. The lowest BCUT2D eigenvalue weighted by Gasteiger charge is -2.27. The lowest BCUT2D eigenvalue weighted by Crippen LogP contribution is -2.42. The van der Waals surface area contributed by atoms with Crippen molar-refractivity contribution in [1.82, 2.24) is 24.1 Å². The quantitative estimate of drug-likeness (QED) is 0.734. The van der Waals surface area contributed by atoms with Gasteiger partial charge in [0, 0.05) is 12.4 Å². The maximum Gasteiger partial charge on any atom is 0.274 e. The van der Waals surface area contributed by atoms with E-state index in [1.165, 1.54) is 0 Å². The van der Waals surface area contributed by atoms with Gasteiger partial charge in [-0.3, -0.25) is 4.48 Å². The number of rotatable bonds is 3. The molecule has 0 aliphatic heterocycles. The molecule has 2 rings (SSSR count). The zero-order valence-electron chi connectivity index (χ0n) is 10.3. The maximum atomic E-state index is 4.54. The van der Waals surface area contributed by atoms with E-state index in [-0.39, 0.29) is 0 Å². The monoisotopic (exact) mass is 220 g/mol. The third-order valence-electron chi connectivity index (χ3n) is 2.70. The molecule has 0 saturated heterocycles. The second-order valence-corrected chi connectivity index (χ2v) is 4.59. The lowest BCUT2D eigenvalue weighted by molar-refractivity contribution is 0.387. The Labute approximate surface area is 95.3 Å². The van der Waals surface area contributed by atoms with Crippen molar-refractivity contribution in [2.75, 3.05) is 20.6 Å². The van der Waals surface area contributed by atoms with Crippen molar-refractivity contribution in [3.05, 3.63) is 18.2 Å². The molecule has 86 valence electrons. The lowest BCUT2D eigenvalue weighted by atomic mass is 10.3. The van der Waals surface area contributed by atoms with Crippen molar-refractivity contribution in [2.45, 2.75) is 20.3 Å². The van der Waals surface area contributed by atoms with E-state index in [0.717, 1.165) is 34.7 Å². The summed E-state index contributed by atoms with van der Waals surface area (Å²) in [7, 11) is 4.31. The molecule has 2 aromatic rings. The first-order chi connectivity index (χ1) is 7.54. The number of hydrogen-bond donors (Lipinski definition) is 0. The summed E-state index contributed by atoms with van der Waals surface area (Å²) in [5.41, 5.74) is 0.851. The van der Waals surface area contributed by atoms with Gasteiger partial charge < -0.3 is 0 Å². The van der Waals surface area contributed by atoms with E-state index in [2.05, 4.69) is 36.1 Å². The van der Waals surface area contributed by atoms with Crippen LogP contribution in [0.5, 0.6) is 0 Å². The highest BCUT2D eigenvalue weighted by molar-refractivity contribution is 5.60. The van der Waals surface area contributed by atoms with E-state index in [1.54, 1.807) is 10.7 Å². The van der Waals surface area contributed by atoms with Gasteiger partial charge in [-0.05, 0) is 13.3 Å². The van der Waals surface area contributed by atoms with Gasteiger partial charge in [0.1, 0.15) is 0 Å². The van der Waals surface area contributed by atoms with Gasteiger partial charge >= 0.3 is 0 Å². The molecule has 0 fully saturated rings. The van der Waals surface area contributed by atoms with E-state index in [1.807, 2.05) is 13.1 Å². The van der Waals surface area contributed by atoms with Crippen LogP contribution in [0.4, 0.5) is 5.82 Å². The van der Waals surface area contributed by atoms with Gasteiger partial charge in [-0.2, -0.15) is 10.1 Å². The number of imidazole rings is 1. The molecule has 0 radical (unpaired) electrons. The second-order valence-electron chi connectivity index (χ2n) is 4.59. The SMILES string of the molecule is CCC[N+](C)(C)c1nc(C)nn2ccnc12. The highest BCUT2D eigenvalue weighted by Gasteiger charge is 2.25. The Bertz CT molecular complexity index is 500. The molecular weight excluding hydrogens is 202 g/mol. The number of hydrogen-bond acceptors (Lipinski definition) is 3. The fraction of sp³-hybridized carbons (Fsp3) is 0.545. The number of aromatic nitrogens is 4. The van der Waals surface area contributed by atoms with Gasteiger partial charge in [0.05, 0.1) is 20.6 Å². The first kappa shape index (κ1) is 11.0. The smallest absolute Gasteiger partial charge is 0.274 e. The fourth-order valence-corrected chi connectivity index (χ4v) is 1.99. The van der Waals surface area contributed by atoms with Gasteiger partial charge in [0.25, 0.3) is 5.82 Å². The molecule has 2 heterocycles. The van der Waals surface area contributed by atoms with Crippen LogP contribution in [0.3, 0.4) is 0 Å². The van der Waals surface area contributed by atoms with Crippen molar-refractivity contribution < 1.29 is 0 Å². The average molecular weight is 220 g/mol. The van der Waals surface area contributed by atoms with Crippen LogP contribution in [0.25, 0.3) is 5.65 Å². The summed E-state index contributed by atoms with van der Waals surface area (Å²) >= 11 is 0. The maximum absolute atomic E-state index is 4.54. The van der Waals surface area contributed by atoms with Crippen LogP contribution >= 0.6 is 0 Å². The Balaban J connectivity index is 2.62. The minimum Gasteiger partial charge on any atom is -0.276 e. The van der Waals surface area contributed by atoms with E-state index in [4.69, 9.17) is 0 Å². The van der Waals surface area contributed by atoms with Crippen LogP contribution in [0.1, 0.15) is 19.2 Å². The van der Waals surface area contributed by atoms with Crippen LogP contribution in [0.2, 0.25) is 0 Å². The van der Waals surface area contributed by atoms with Gasteiger partial charge in [0.15, 0.2) is 5.82 Å². The number of aryl methyl sites for hydroxylation is 1. The molecular formula is C11H18N5+. The van der Waals surface area contributed by atoms with Crippen LogP contribution < -0.4 is 4.48 Å². The van der Waals surface area contributed by atoms with Gasteiger partial charge in [-0.15, -0.1) is 0 Å². The molecule has 5 heteroatoms. The molecule has 0 unspecified atom stereocenters. The number of quaternary nitrogens is 1. The largest absolute Gasteiger partial charge is 0.276 e. The van der Waals surface area contributed by atoms with E-state index in [9.17, 15) is 0 Å². The van der Waals surface area contributed by atoms with Crippen molar-refractivity contribution in [3.63, 3.8) is 0 Å². The van der Waals surface area contributed by atoms with E-state index >= 15 is 0 Å². The summed E-state index contributed by atoms with van der Waals surface area (Å²) in [6.07, 6.45) is 4.74. The summed E-state index contributed by atoms with van der Waals surface area (Å²) in [6.45, 7) is 5.13. The minimum atomic E-state index is 0.736. The molecule has 5 nitrogen and oxygen atoms in total.